The number of carbonyl (C=O) groups excluding carboxylic acids is 2. The highest BCUT2D eigenvalue weighted by atomic mass is 32.2. The summed E-state index contributed by atoms with van der Waals surface area (Å²) in [4.78, 5) is 22.7. The number of nitrogen functional groups attached to an aromatic ring is 1. The molecule has 0 heterocycles. The molecule has 0 aliphatic rings. The second-order valence-corrected chi connectivity index (χ2v) is 6.39. The van der Waals surface area contributed by atoms with Crippen molar-refractivity contribution in [1.29, 1.82) is 0 Å². The third-order valence-corrected chi connectivity index (χ3v) is 2.98. The molecule has 1 rings (SSSR count). The van der Waals surface area contributed by atoms with Crippen LogP contribution in [-0.4, -0.2) is 30.3 Å². The molecule has 0 aromatic heterocycles. The first-order valence-corrected chi connectivity index (χ1v) is 6.96. The quantitative estimate of drug-likeness (QED) is 0.286. The van der Waals surface area contributed by atoms with Crippen molar-refractivity contribution >= 4 is 27.6 Å². The second kappa shape index (κ2) is 5.22. The molecule has 0 unspecified atom stereocenters. The minimum absolute atomic E-state index is 0.0137. The maximum atomic E-state index is 11.9. The van der Waals surface area contributed by atoms with Gasteiger partial charge in [-0.15, -0.1) is 0 Å². The van der Waals surface area contributed by atoms with Crippen LogP contribution in [0.1, 0.15) is 31.1 Å². The van der Waals surface area contributed by atoms with Crippen molar-refractivity contribution in [2.24, 2.45) is 0 Å². The number of Topliss-reactive ketones (excluding diaryl/α,β-unsaturated/α-hetero) is 1. The Morgan fingerprint density at radius 2 is 1.80 bits per heavy atom. The molecule has 8 heteroatoms. The number of hydrogen-bond donors (Lipinski definition) is 1. The summed E-state index contributed by atoms with van der Waals surface area (Å²) in [5.41, 5.74) is 3.89. The molecular weight excluding hydrogens is 286 g/mol. The Kier molecular flexibility index (Phi) is 4.21. The van der Waals surface area contributed by atoms with Crippen molar-refractivity contribution in [3.8, 4) is 0 Å². The summed E-state index contributed by atoms with van der Waals surface area (Å²) in [6.45, 7) is 4.64. The fraction of sp³-hybridized carbons (Fsp3) is 0.333. The Balaban J connectivity index is 3.27. The van der Waals surface area contributed by atoms with E-state index in [0.717, 1.165) is 12.1 Å². The lowest BCUT2D eigenvalue weighted by molar-refractivity contribution is -0.148. The van der Waals surface area contributed by atoms with E-state index in [1.807, 2.05) is 0 Å². The van der Waals surface area contributed by atoms with Crippen LogP contribution in [0.5, 0.6) is 0 Å². The molecule has 7 nitrogen and oxygen atoms in total. The summed E-state index contributed by atoms with van der Waals surface area (Å²) in [6.07, 6.45) is 0. The molecule has 1 aromatic rings. The first kappa shape index (κ1) is 16.1. The topological polar surface area (TPSA) is 127 Å². The predicted molar refractivity (Wildman–Crippen MR) is 69.0 cm³/mol. The SMILES string of the molecule is CC(C)(C)OC(=O)C(=O)c1ccc(N)cc1S(=O)(=O)[O-]. The van der Waals surface area contributed by atoms with Crippen LogP contribution in [-0.2, 0) is 19.6 Å². The summed E-state index contributed by atoms with van der Waals surface area (Å²) in [5.74, 6) is -2.46. The number of benzene rings is 1. The number of esters is 1. The van der Waals surface area contributed by atoms with E-state index in [4.69, 9.17) is 10.5 Å². The second-order valence-electron chi connectivity index (χ2n) is 5.04. The van der Waals surface area contributed by atoms with Gasteiger partial charge < -0.3 is 15.0 Å². The molecule has 0 saturated heterocycles. The Morgan fingerprint density at radius 1 is 1.25 bits per heavy atom. The third kappa shape index (κ3) is 4.04. The maximum Gasteiger partial charge on any atom is 0.380 e. The van der Waals surface area contributed by atoms with E-state index in [1.165, 1.54) is 6.07 Å². The van der Waals surface area contributed by atoms with E-state index < -0.39 is 37.9 Å². The highest BCUT2D eigenvalue weighted by Gasteiger charge is 2.27. The summed E-state index contributed by atoms with van der Waals surface area (Å²) >= 11 is 0. The lowest BCUT2D eigenvalue weighted by atomic mass is 10.1. The van der Waals surface area contributed by atoms with E-state index in [1.54, 1.807) is 20.8 Å². The molecule has 2 N–H and O–H groups in total. The van der Waals surface area contributed by atoms with Crippen LogP contribution in [0.15, 0.2) is 23.1 Å². The number of carbonyl (C=O) groups is 2. The van der Waals surface area contributed by atoms with Crippen molar-refractivity contribution in [3.63, 3.8) is 0 Å². The van der Waals surface area contributed by atoms with Crippen LogP contribution in [0.3, 0.4) is 0 Å². The Labute approximate surface area is 116 Å². The zero-order valence-corrected chi connectivity index (χ0v) is 12.0. The number of anilines is 1. The molecule has 0 bridgehead atoms. The zero-order valence-electron chi connectivity index (χ0n) is 11.2. The Bertz CT molecular complexity index is 657. The minimum Gasteiger partial charge on any atom is -0.744 e. The highest BCUT2D eigenvalue weighted by Crippen LogP contribution is 2.20. The first-order valence-electron chi connectivity index (χ1n) is 5.55. The van der Waals surface area contributed by atoms with Crippen LogP contribution < -0.4 is 5.73 Å². The van der Waals surface area contributed by atoms with Crippen LogP contribution in [0.25, 0.3) is 0 Å². The number of rotatable bonds is 3. The van der Waals surface area contributed by atoms with Crippen molar-refractivity contribution in [2.75, 3.05) is 5.73 Å². The minimum atomic E-state index is -4.94. The maximum absolute atomic E-state index is 11.9. The summed E-state index contributed by atoms with van der Waals surface area (Å²) in [7, 11) is -4.94. The molecule has 1 aromatic carbocycles. The molecule has 110 valence electrons. The normalized spacial score (nSPS) is 12.0. The van der Waals surface area contributed by atoms with Crippen molar-refractivity contribution in [3.05, 3.63) is 23.8 Å². The van der Waals surface area contributed by atoms with E-state index >= 15 is 0 Å². The predicted octanol–water partition coefficient (Wildman–Crippen LogP) is 0.697. The van der Waals surface area contributed by atoms with Crippen molar-refractivity contribution in [2.45, 2.75) is 31.3 Å². The van der Waals surface area contributed by atoms with Gasteiger partial charge in [0.2, 0.25) is 0 Å². The molecule has 0 radical (unpaired) electrons. The largest absolute Gasteiger partial charge is 0.744 e. The molecule has 0 atom stereocenters. The molecule has 0 aliphatic heterocycles. The van der Waals surface area contributed by atoms with Gasteiger partial charge in [-0.2, -0.15) is 0 Å². The zero-order chi connectivity index (χ0) is 15.7. The Hall–Kier alpha value is -1.93. The van der Waals surface area contributed by atoms with Gasteiger partial charge >= 0.3 is 5.97 Å². The third-order valence-electron chi connectivity index (χ3n) is 2.10. The fourth-order valence-electron chi connectivity index (χ4n) is 1.37. The van der Waals surface area contributed by atoms with E-state index in [-0.39, 0.29) is 5.69 Å². The van der Waals surface area contributed by atoms with Crippen LogP contribution in [0, 0.1) is 0 Å². The molecular formula is C12H14NO6S-. The monoisotopic (exact) mass is 300 g/mol. The van der Waals surface area contributed by atoms with Crippen LogP contribution in [0.4, 0.5) is 5.69 Å². The first-order chi connectivity index (χ1) is 8.92. The average Bonchev–Trinajstić information content (AvgIpc) is 2.24. The molecule has 0 amide bonds. The summed E-state index contributed by atoms with van der Waals surface area (Å²) < 4.78 is 38.1. The fourth-order valence-corrected chi connectivity index (χ4v) is 2.08. The van der Waals surface area contributed by atoms with Gasteiger partial charge in [-0.3, -0.25) is 4.79 Å². The van der Waals surface area contributed by atoms with Crippen LogP contribution >= 0.6 is 0 Å². The molecule has 0 spiro atoms. The van der Waals surface area contributed by atoms with Gasteiger partial charge in [-0.25, -0.2) is 13.2 Å². The van der Waals surface area contributed by atoms with E-state index in [0.29, 0.717) is 0 Å². The van der Waals surface area contributed by atoms with Gasteiger partial charge in [0, 0.05) is 11.3 Å². The number of hydrogen-bond acceptors (Lipinski definition) is 7. The standard InChI is InChI=1S/C12H15NO6S/c1-12(2,3)19-11(15)10(14)8-5-4-7(13)6-9(8)20(16,17)18/h4-6H,13H2,1-3H3,(H,16,17,18)/p-1. The van der Waals surface area contributed by atoms with Crippen molar-refractivity contribution < 1.29 is 27.3 Å². The Morgan fingerprint density at radius 3 is 2.25 bits per heavy atom. The van der Waals surface area contributed by atoms with Gasteiger partial charge in [0.1, 0.15) is 15.7 Å². The van der Waals surface area contributed by atoms with Crippen molar-refractivity contribution in [1.82, 2.24) is 0 Å². The van der Waals surface area contributed by atoms with Gasteiger partial charge in [0.05, 0.1) is 4.90 Å². The van der Waals surface area contributed by atoms with Gasteiger partial charge in [0.15, 0.2) is 0 Å². The smallest absolute Gasteiger partial charge is 0.380 e. The lowest BCUT2D eigenvalue weighted by Crippen LogP contribution is -2.29. The lowest BCUT2D eigenvalue weighted by Gasteiger charge is -2.19. The molecule has 0 aliphatic carbocycles. The molecule has 0 saturated carbocycles. The highest BCUT2D eigenvalue weighted by molar-refractivity contribution is 7.85. The number of nitrogens with two attached hydrogens (primary N) is 1. The number of ketones is 1. The number of ether oxygens (including phenoxy) is 1. The van der Waals surface area contributed by atoms with E-state index in [9.17, 15) is 22.6 Å². The van der Waals surface area contributed by atoms with E-state index in [2.05, 4.69) is 0 Å². The molecule has 20 heavy (non-hydrogen) atoms. The summed E-state index contributed by atoms with van der Waals surface area (Å²) in [6, 6.07) is 3.05. The summed E-state index contributed by atoms with van der Waals surface area (Å²) in [5, 5.41) is 0. The van der Waals surface area contributed by atoms with Gasteiger partial charge in [0.25, 0.3) is 5.78 Å². The van der Waals surface area contributed by atoms with Crippen LogP contribution in [0.2, 0.25) is 0 Å². The average molecular weight is 300 g/mol. The van der Waals surface area contributed by atoms with Gasteiger partial charge in [-0.1, -0.05) is 0 Å². The molecule has 0 fully saturated rings. The van der Waals surface area contributed by atoms with Gasteiger partial charge in [-0.05, 0) is 39.0 Å².